The van der Waals surface area contributed by atoms with Gasteiger partial charge in [0.1, 0.15) is 5.82 Å². The highest BCUT2D eigenvalue weighted by Crippen LogP contribution is 2.29. The Morgan fingerprint density at radius 2 is 2.07 bits per heavy atom. The number of hydrogen-bond donors (Lipinski definition) is 1. The highest BCUT2D eigenvalue weighted by Gasteiger charge is 2.20. The second-order valence-electron chi connectivity index (χ2n) is 5.33. The Morgan fingerprint density at radius 1 is 1.32 bits per heavy atom. The van der Waals surface area contributed by atoms with Crippen molar-refractivity contribution in [1.82, 2.24) is 20.2 Å². The maximum atomic E-state index is 13.6. The number of carbonyl (C=O) groups is 1. The average molecular weight is 460 g/mol. The number of thioether (sulfide) groups is 1. The molecule has 3 aromatic rings. The largest absolute Gasteiger partial charge is 0.295 e. The molecule has 0 aliphatic carbocycles. The lowest BCUT2D eigenvalue weighted by Crippen LogP contribution is -2.17. The molecule has 0 spiro atoms. The van der Waals surface area contributed by atoms with Crippen molar-refractivity contribution < 1.29 is 17.6 Å². The van der Waals surface area contributed by atoms with Crippen molar-refractivity contribution in [1.29, 1.82) is 0 Å². The summed E-state index contributed by atoms with van der Waals surface area (Å²) in [5.74, 6) is -0.711. The van der Waals surface area contributed by atoms with Crippen LogP contribution >= 0.6 is 34.7 Å². The fourth-order valence-corrected chi connectivity index (χ4v) is 4.33. The van der Waals surface area contributed by atoms with E-state index in [-0.39, 0.29) is 21.7 Å². The first-order chi connectivity index (χ1) is 13.2. The van der Waals surface area contributed by atoms with Gasteiger partial charge in [0.2, 0.25) is 20.1 Å². The van der Waals surface area contributed by atoms with E-state index in [2.05, 4.69) is 25.5 Å². The van der Waals surface area contributed by atoms with Crippen molar-refractivity contribution in [2.24, 2.45) is 0 Å². The summed E-state index contributed by atoms with van der Waals surface area (Å²) in [6.45, 7) is 0. The molecule has 0 saturated carbocycles. The molecule has 1 N–H and O–H groups in total. The van der Waals surface area contributed by atoms with Crippen LogP contribution in [0, 0.1) is 5.82 Å². The Balaban J connectivity index is 1.70. The van der Waals surface area contributed by atoms with Crippen LogP contribution in [0.4, 0.5) is 9.52 Å². The minimum atomic E-state index is -3.70. The molecule has 0 aliphatic heterocycles. The summed E-state index contributed by atoms with van der Waals surface area (Å²) in [6.07, 6.45) is 1.96. The maximum absolute atomic E-state index is 13.6. The van der Waals surface area contributed by atoms with Crippen molar-refractivity contribution in [2.45, 2.75) is 15.2 Å². The Bertz CT molecular complexity index is 1140. The van der Waals surface area contributed by atoms with Gasteiger partial charge in [0.15, 0.2) is 10.0 Å². The lowest BCUT2D eigenvalue weighted by Gasteiger charge is -2.04. The van der Waals surface area contributed by atoms with Gasteiger partial charge in [-0.2, -0.15) is 0 Å². The number of nitrogens with one attached hydrogen (secondary N) is 1. The minimum Gasteiger partial charge on any atom is -0.295 e. The van der Waals surface area contributed by atoms with Gasteiger partial charge in [-0.05, 0) is 11.6 Å². The van der Waals surface area contributed by atoms with E-state index in [0.29, 0.717) is 15.7 Å². The second kappa shape index (κ2) is 8.47. The standard InChI is InChI=1S/C15H11ClFN5O3S3/c1-28(24,25)14-18-6-9(16)11(19-14)12(23)20-13-21-22-15(27-13)26-7-8-4-2-3-5-10(8)17/h2-6H,7H2,1H3,(H,20,21,23). The number of halogens is 2. The van der Waals surface area contributed by atoms with E-state index in [1.807, 2.05) is 0 Å². The molecule has 2 heterocycles. The molecule has 8 nitrogen and oxygen atoms in total. The number of aromatic nitrogens is 4. The molecule has 0 unspecified atom stereocenters. The van der Waals surface area contributed by atoms with Gasteiger partial charge in [-0.1, -0.05) is 52.9 Å². The summed E-state index contributed by atoms with van der Waals surface area (Å²) in [6, 6.07) is 6.39. The molecule has 1 amide bonds. The number of anilines is 1. The number of nitrogens with zero attached hydrogens (tertiary/aromatic N) is 4. The van der Waals surface area contributed by atoms with E-state index in [1.165, 1.54) is 17.8 Å². The molecule has 0 bridgehead atoms. The summed E-state index contributed by atoms with van der Waals surface area (Å²) in [4.78, 5) is 19.6. The van der Waals surface area contributed by atoms with Crippen LogP contribution in [0.25, 0.3) is 0 Å². The number of hydrogen-bond acceptors (Lipinski definition) is 9. The molecule has 146 valence electrons. The monoisotopic (exact) mass is 459 g/mol. The summed E-state index contributed by atoms with van der Waals surface area (Å²) in [7, 11) is -3.70. The summed E-state index contributed by atoms with van der Waals surface area (Å²) in [5, 5.41) is 9.75. The van der Waals surface area contributed by atoms with Crippen LogP contribution in [0.2, 0.25) is 5.02 Å². The fourth-order valence-electron chi connectivity index (χ4n) is 1.92. The van der Waals surface area contributed by atoms with E-state index in [4.69, 9.17) is 11.6 Å². The Hall–Kier alpha value is -2.15. The molecule has 2 aromatic heterocycles. The molecule has 0 atom stereocenters. The number of carbonyl (C=O) groups excluding carboxylic acids is 1. The van der Waals surface area contributed by atoms with Gasteiger partial charge >= 0.3 is 0 Å². The normalized spacial score (nSPS) is 11.4. The van der Waals surface area contributed by atoms with Crippen LogP contribution in [-0.2, 0) is 15.6 Å². The Kier molecular flexibility index (Phi) is 6.23. The molecule has 13 heteroatoms. The molecule has 0 saturated heterocycles. The van der Waals surface area contributed by atoms with Crippen LogP contribution < -0.4 is 5.32 Å². The van der Waals surface area contributed by atoms with E-state index in [1.54, 1.807) is 18.2 Å². The van der Waals surface area contributed by atoms with Crippen LogP contribution in [-0.4, -0.2) is 40.7 Å². The zero-order valence-corrected chi connectivity index (χ0v) is 17.3. The highest BCUT2D eigenvalue weighted by molar-refractivity contribution is 8.00. The summed E-state index contributed by atoms with van der Waals surface area (Å²) in [5.41, 5.74) is 0.224. The van der Waals surface area contributed by atoms with E-state index in [9.17, 15) is 17.6 Å². The van der Waals surface area contributed by atoms with Crippen LogP contribution in [0.1, 0.15) is 16.1 Å². The van der Waals surface area contributed by atoms with Gasteiger partial charge in [0.25, 0.3) is 5.91 Å². The predicted molar refractivity (Wildman–Crippen MR) is 104 cm³/mol. The van der Waals surface area contributed by atoms with Gasteiger partial charge in [-0.25, -0.2) is 22.8 Å². The molecule has 3 rings (SSSR count). The zero-order valence-electron chi connectivity index (χ0n) is 14.1. The van der Waals surface area contributed by atoms with Gasteiger partial charge < -0.3 is 0 Å². The maximum Gasteiger partial charge on any atom is 0.277 e. The minimum absolute atomic E-state index is 0.108. The quantitative estimate of drug-likeness (QED) is 0.339. The van der Waals surface area contributed by atoms with Crippen molar-refractivity contribution in [3.63, 3.8) is 0 Å². The topological polar surface area (TPSA) is 115 Å². The first kappa shape index (κ1) is 20.6. The predicted octanol–water partition coefficient (Wildman–Crippen LogP) is 3.07. The van der Waals surface area contributed by atoms with Crippen LogP contribution in [0.15, 0.2) is 40.0 Å². The van der Waals surface area contributed by atoms with Gasteiger partial charge in [0.05, 0.1) is 11.2 Å². The van der Waals surface area contributed by atoms with Gasteiger partial charge in [-0.3, -0.25) is 10.1 Å². The average Bonchev–Trinajstić information content (AvgIpc) is 3.07. The lowest BCUT2D eigenvalue weighted by molar-refractivity contribution is 0.102. The first-order valence-electron chi connectivity index (χ1n) is 7.47. The van der Waals surface area contributed by atoms with Crippen molar-refractivity contribution in [2.75, 3.05) is 11.6 Å². The number of sulfone groups is 1. The number of benzene rings is 1. The molecule has 28 heavy (non-hydrogen) atoms. The molecular weight excluding hydrogens is 449 g/mol. The lowest BCUT2D eigenvalue weighted by atomic mass is 10.2. The van der Waals surface area contributed by atoms with E-state index < -0.39 is 20.9 Å². The number of rotatable bonds is 6. The first-order valence-corrected chi connectivity index (χ1v) is 11.5. The second-order valence-corrected chi connectivity index (χ2v) is 9.85. The molecule has 1 aromatic carbocycles. The molecule has 0 aliphatic rings. The highest BCUT2D eigenvalue weighted by atomic mass is 35.5. The molecule has 0 radical (unpaired) electrons. The van der Waals surface area contributed by atoms with E-state index >= 15 is 0 Å². The fraction of sp³-hybridized carbons (Fsp3) is 0.133. The Morgan fingerprint density at radius 3 is 2.79 bits per heavy atom. The third-order valence-corrected chi connectivity index (χ3v) is 6.36. The molecular formula is C15H11ClFN5O3S3. The van der Waals surface area contributed by atoms with Crippen molar-refractivity contribution >= 4 is 55.6 Å². The smallest absolute Gasteiger partial charge is 0.277 e. The zero-order chi connectivity index (χ0) is 20.3. The van der Waals surface area contributed by atoms with Crippen molar-refractivity contribution in [3.8, 4) is 0 Å². The van der Waals surface area contributed by atoms with E-state index in [0.717, 1.165) is 23.8 Å². The molecule has 0 fully saturated rings. The Labute approximate surface area is 172 Å². The SMILES string of the molecule is CS(=O)(=O)c1ncc(Cl)c(C(=O)Nc2nnc(SCc3ccccc3F)s2)n1. The van der Waals surface area contributed by atoms with Crippen LogP contribution in [0.5, 0.6) is 0 Å². The van der Waals surface area contributed by atoms with Gasteiger partial charge in [0, 0.05) is 12.0 Å². The third kappa shape index (κ3) is 5.01. The van der Waals surface area contributed by atoms with Gasteiger partial charge in [-0.15, -0.1) is 10.2 Å². The number of amides is 1. The third-order valence-electron chi connectivity index (χ3n) is 3.20. The van der Waals surface area contributed by atoms with Crippen LogP contribution in [0.3, 0.4) is 0 Å². The summed E-state index contributed by atoms with van der Waals surface area (Å²) < 4.78 is 37.2. The van der Waals surface area contributed by atoms with Crippen molar-refractivity contribution in [3.05, 3.63) is 52.6 Å². The summed E-state index contributed by atoms with van der Waals surface area (Å²) >= 11 is 8.23.